The van der Waals surface area contributed by atoms with E-state index in [1.54, 1.807) is 0 Å². The van der Waals surface area contributed by atoms with Crippen LogP contribution in [0.25, 0.3) is 0 Å². The Balaban J connectivity index is 2.27. The Kier molecular flexibility index (Phi) is 4.02. The highest BCUT2D eigenvalue weighted by molar-refractivity contribution is 6.02. The number of piperidine rings is 1. The van der Waals surface area contributed by atoms with E-state index in [0.717, 1.165) is 31.5 Å². The van der Waals surface area contributed by atoms with Crippen LogP contribution in [0.1, 0.15) is 37.0 Å². The van der Waals surface area contributed by atoms with Crippen molar-refractivity contribution in [2.75, 3.05) is 19.7 Å². The number of benzene rings is 1. The molecule has 1 saturated heterocycles. The summed E-state index contributed by atoms with van der Waals surface area (Å²) in [6, 6.07) is 7.56. The quantitative estimate of drug-likeness (QED) is 0.831. The monoisotopic (exact) mass is 247 g/mol. The molecule has 3 nitrogen and oxygen atoms in total. The van der Waals surface area contributed by atoms with Crippen LogP contribution in [-0.4, -0.2) is 25.5 Å². The number of carbonyl (C=O) groups excluding carboxylic acids is 1. The van der Waals surface area contributed by atoms with Gasteiger partial charge in [-0.15, -0.1) is 0 Å². The Hall–Kier alpha value is -1.35. The number of para-hydroxylation sites is 1. The van der Waals surface area contributed by atoms with Crippen molar-refractivity contribution in [3.8, 4) is 5.75 Å². The van der Waals surface area contributed by atoms with Crippen molar-refractivity contribution < 1.29 is 9.53 Å². The highest BCUT2D eigenvalue weighted by atomic mass is 16.5. The molecule has 3 heteroatoms. The molecule has 0 unspecified atom stereocenters. The number of hydrogen-bond acceptors (Lipinski definition) is 3. The molecule has 0 radical (unpaired) electrons. The van der Waals surface area contributed by atoms with Gasteiger partial charge in [0, 0.05) is 5.41 Å². The normalized spacial score (nSPS) is 18.3. The summed E-state index contributed by atoms with van der Waals surface area (Å²) < 4.78 is 5.56. The number of carbonyl (C=O) groups is 1. The standard InChI is InChI=1S/C15H21NO2/c1-3-18-13-7-5-4-6-12(13)14(17)15(2)8-10-16-11-9-15/h4-7,16H,3,8-11H2,1-2H3. The Morgan fingerprint density at radius 3 is 2.67 bits per heavy atom. The SMILES string of the molecule is CCOc1ccccc1C(=O)C1(C)CCNCC1. The number of ether oxygens (including phenoxy) is 1. The number of rotatable bonds is 4. The summed E-state index contributed by atoms with van der Waals surface area (Å²) >= 11 is 0. The Morgan fingerprint density at radius 1 is 1.33 bits per heavy atom. The van der Waals surface area contributed by atoms with Crippen molar-refractivity contribution >= 4 is 5.78 Å². The molecule has 0 bridgehead atoms. The minimum atomic E-state index is -0.252. The summed E-state index contributed by atoms with van der Waals surface area (Å²) in [5.74, 6) is 0.929. The molecular formula is C15H21NO2. The van der Waals surface area contributed by atoms with Gasteiger partial charge in [0.2, 0.25) is 0 Å². The highest BCUT2D eigenvalue weighted by Gasteiger charge is 2.36. The zero-order valence-corrected chi connectivity index (χ0v) is 11.2. The van der Waals surface area contributed by atoms with Gasteiger partial charge >= 0.3 is 0 Å². The van der Waals surface area contributed by atoms with Gasteiger partial charge in [0.25, 0.3) is 0 Å². The van der Waals surface area contributed by atoms with Crippen LogP contribution in [0.4, 0.5) is 0 Å². The van der Waals surface area contributed by atoms with Gasteiger partial charge in [0.05, 0.1) is 12.2 Å². The van der Waals surface area contributed by atoms with Crippen molar-refractivity contribution in [3.63, 3.8) is 0 Å². The maximum absolute atomic E-state index is 12.7. The van der Waals surface area contributed by atoms with Crippen LogP contribution < -0.4 is 10.1 Å². The van der Waals surface area contributed by atoms with E-state index in [4.69, 9.17) is 4.74 Å². The Bertz CT molecular complexity index is 422. The maximum Gasteiger partial charge on any atom is 0.172 e. The number of hydrogen-bond donors (Lipinski definition) is 1. The van der Waals surface area contributed by atoms with Crippen LogP contribution in [0.3, 0.4) is 0 Å². The lowest BCUT2D eigenvalue weighted by molar-refractivity contribution is 0.0758. The Labute approximate surface area is 109 Å². The third-order valence-corrected chi connectivity index (χ3v) is 3.69. The van der Waals surface area contributed by atoms with Gasteiger partial charge in [-0.3, -0.25) is 4.79 Å². The van der Waals surface area contributed by atoms with Crippen LogP contribution in [0, 0.1) is 5.41 Å². The van der Waals surface area contributed by atoms with E-state index in [2.05, 4.69) is 12.2 Å². The zero-order valence-electron chi connectivity index (χ0n) is 11.2. The summed E-state index contributed by atoms with van der Waals surface area (Å²) in [7, 11) is 0. The third kappa shape index (κ3) is 2.56. The highest BCUT2D eigenvalue weighted by Crippen LogP contribution is 2.34. The largest absolute Gasteiger partial charge is 0.493 e. The predicted molar refractivity (Wildman–Crippen MR) is 72.2 cm³/mol. The van der Waals surface area contributed by atoms with Crippen LogP contribution in [0.2, 0.25) is 0 Å². The van der Waals surface area contributed by atoms with Gasteiger partial charge in [-0.1, -0.05) is 19.1 Å². The van der Waals surface area contributed by atoms with Crippen molar-refractivity contribution in [2.24, 2.45) is 5.41 Å². The fourth-order valence-corrected chi connectivity index (χ4v) is 2.47. The van der Waals surface area contributed by atoms with E-state index in [0.29, 0.717) is 12.4 Å². The average molecular weight is 247 g/mol. The molecule has 0 saturated carbocycles. The molecule has 0 aliphatic carbocycles. The zero-order chi connectivity index (χ0) is 13.0. The molecule has 0 amide bonds. The smallest absolute Gasteiger partial charge is 0.172 e. The molecule has 0 spiro atoms. The predicted octanol–water partition coefficient (Wildman–Crippen LogP) is 2.66. The molecule has 2 rings (SSSR count). The number of Topliss-reactive ketones (excluding diaryl/α,β-unsaturated/α-hetero) is 1. The maximum atomic E-state index is 12.7. The van der Waals surface area contributed by atoms with Gasteiger partial charge in [0.1, 0.15) is 5.75 Å². The second-order valence-corrected chi connectivity index (χ2v) is 5.07. The van der Waals surface area contributed by atoms with Crippen molar-refractivity contribution in [2.45, 2.75) is 26.7 Å². The minimum absolute atomic E-state index is 0.216. The Morgan fingerprint density at radius 2 is 2.00 bits per heavy atom. The molecule has 1 aliphatic rings. The van der Waals surface area contributed by atoms with E-state index in [9.17, 15) is 4.79 Å². The second kappa shape index (κ2) is 5.53. The summed E-state index contributed by atoms with van der Waals surface area (Å²) in [6.07, 6.45) is 1.79. The van der Waals surface area contributed by atoms with E-state index in [1.165, 1.54) is 0 Å². The first-order valence-corrected chi connectivity index (χ1v) is 6.65. The fraction of sp³-hybridized carbons (Fsp3) is 0.533. The van der Waals surface area contributed by atoms with Gasteiger partial charge in [0.15, 0.2) is 5.78 Å². The third-order valence-electron chi connectivity index (χ3n) is 3.69. The van der Waals surface area contributed by atoms with Gasteiger partial charge in [-0.25, -0.2) is 0 Å². The lowest BCUT2D eigenvalue weighted by Crippen LogP contribution is -2.40. The van der Waals surface area contributed by atoms with Gasteiger partial charge in [-0.2, -0.15) is 0 Å². The molecule has 1 aromatic carbocycles. The topological polar surface area (TPSA) is 38.3 Å². The first-order valence-electron chi connectivity index (χ1n) is 6.65. The molecule has 18 heavy (non-hydrogen) atoms. The van der Waals surface area contributed by atoms with Crippen molar-refractivity contribution in [1.82, 2.24) is 5.32 Å². The summed E-state index contributed by atoms with van der Waals surface area (Å²) in [4.78, 5) is 12.7. The minimum Gasteiger partial charge on any atom is -0.493 e. The van der Waals surface area contributed by atoms with Crippen molar-refractivity contribution in [3.05, 3.63) is 29.8 Å². The molecule has 1 aliphatic heterocycles. The van der Waals surface area contributed by atoms with Crippen molar-refractivity contribution in [1.29, 1.82) is 0 Å². The van der Waals surface area contributed by atoms with Crippen LogP contribution in [0.5, 0.6) is 5.75 Å². The average Bonchev–Trinajstić information content (AvgIpc) is 2.40. The number of nitrogens with one attached hydrogen (secondary N) is 1. The molecule has 1 heterocycles. The van der Waals surface area contributed by atoms with E-state index in [-0.39, 0.29) is 11.2 Å². The molecule has 1 fully saturated rings. The van der Waals surface area contributed by atoms with E-state index in [1.807, 2.05) is 31.2 Å². The second-order valence-electron chi connectivity index (χ2n) is 5.07. The molecule has 98 valence electrons. The fourth-order valence-electron chi connectivity index (χ4n) is 2.47. The van der Waals surface area contributed by atoms with Gasteiger partial charge < -0.3 is 10.1 Å². The molecule has 1 aromatic rings. The molecule has 0 aromatic heterocycles. The number of ketones is 1. The molecule has 0 atom stereocenters. The summed E-state index contributed by atoms with van der Waals surface area (Å²) in [5, 5.41) is 3.30. The van der Waals surface area contributed by atoms with Crippen LogP contribution in [0.15, 0.2) is 24.3 Å². The van der Waals surface area contributed by atoms with Crippen LogP contribution in [-0.2, 0) is 0 Å². The van der Waals surface area contributed by atoms with Crippen LogP contribution >= 0.6 is 0 Å². The van der Waals surface area contributed by atoms with E-state index >= 15 is 0 Å². The van der Waals surface area contributed by atoms with Gasteiger partial charge in [-0.05, 0) is 45.0 Å². The molecular weight excluding hydrogens is 226 g/mol. The lowest BCUT2D eigenvalue weighted by atomic mass is 9.75. The summed E-state index contributed by atoms with van der Waals surface area (Å²) in [5.41, 5.74) is 0.474. The van der Waals surface area contributed by atoms with E-state index < -0.39 is 0 Å². The first-order chi connectivity index (χ1) is 8.67. The first kappa shape index (κ1) is 13.1. The lowest BCUT2D eigenvalue weighted by Gasteiger charge is -2.33. The summed E-state index contributed by atoms with van der Waals surface area (Å²) in [6.45, 7) is 6.42. The molecule has 1 N–H and O–H groups in total.